The highest BCUT2D eigenvalue weighted by molar-refractivity contribution is 5.86. The van der Waals surface area contributed by atoms with Gasteiger partial charge in [0.05, 0.1) is 6.42 Å². The molecule has 0 unspecified atom stereocenters. The Morgan fingerprint density at radius 1 is 1.25 bits per heavy atom. The standard InChI is InChI=1S/C20H19FN2O/c1-13-3-2-4-14(9-13)10-20(24)23-8-7-18-17(12-23)16-6-5-15(21)11-19(16)22-18/h2-6,9,11,22H,7-8,10,12H2,1H3. The van der Waals surface area contributed by atoms with Gasteiger partial charge in [0.2, 0.25) is 5.91 Å². The summed E-state index contributed by atoms with van der Waals surface area (Å²) in [6, 6.07) is 12.9. The van der Waals surface area contributed by atoms with Gasteiger partial charge >= 0.3 is 0 Å². The number of carbonyl (C=O) groups excluding carboxylic acids is 1. The van der Waals surface area contributed by atoms with E-state index in [1.54, 1.807) is 6.07 Å². The normalized spacial score (nSPS) is 14.0. The van der Waals surface area contributed by atoms with Gasteiger partial charge in [-0.3, -0.25) is 4.79 Å². The second kappa shape index (κ2) is 5.78. The Hall–Kier alpha value is -2.62. The van der Waals surface area contributed by atoms with Gasteiger partial charge in [-0.25, -0.2) is 4.39 Å². The average Bonchev–Trinajstić information content (AvgIpc) is 2.91. The highest BCUT2D eigenvalue weighted by Gasteiger charge is 2.24. The predicted octanol–water partition coefficient (Wildman–Crippen LogP) is 3.74. The van der Waals surface area contributed by atoms with Crippen LogP contribution in [-0.2, 0) is 24.2 Å². The number of amides is 1. The van der Waals surface area contributed by atoms with Crippen LogP contribution >= 0.6 is 0 Å². The molecule has 122 valence electrons. The van der Waals surface area contributed by atoms with Crippen LogP contribution in [0.5, 0.6) is 0 Å². The Labute approximate surface area is 140 Å². The Morgan fingerprint density at radius 2 is 2.12 bits per heavy atom. The average molecular weight is 322 g/mol. The monoisotopic (exact) mass is 322 g/mol. The van der Waals surface area contributed by atoms with Crippen molar-refractivity contribution in [1.82, 2.24) is 9.88 Å². The first kappa shape index (κ1) is 14.9. The maximum Gasteiger partial charge on any atom is 0.227 e. The highest BCUT2D eigenvalue weighted by Crippen LogP contribution is 2.28. The van der Waals surface area contributed by atoms with Crippen LogP contribution in [0.15, 0.2) is 42.5 Å². The topological polar surface area (TPSA) is 36.1 Å². The van der Waals surface area contributed by atoms with Crippen LogP contribution in [0.25, 0.3) is 10.9 Å². The molecule has 0 bridgehead atoms. The molecule has 1 aromatic heterocycles. The smallest absolute Gasteiger partial charge is 0.227 e. The molecule has 1 aliphatic heterocycles. The van der Waals surface area contributed by atoms with Crippen molar-refractivity contribution in [2.24, 2.45) is 0 Å². The summed E-state index contributed by atoms with van der Waals surface area (Å²) >= 11 is 0. The van der Waals surface area contributed by atoms with E-state index < -0.39 is 0 Å². The molecule has 3 nitrogen and oxygen atoms in total. The van der Waals surface area contributed by atoms with E-state index in [4.69, 9.17) is 0 Å². The molecule has 0 radical (unpaired) electrons. The summed E-state index contributed by atoms with van der Waals surface area (Å²) in [5.41, 5.74) is 5.27. The number of aromatic amines is 1. The van der Waals surface area contributed by atoms with Gasteiger partial charge in [-0.2, -0.15) is 0 Å². The molecule has 1 amide bonds. The molecule has 2 aromatic carbocycles. The van der Waals surface area contributed by atoms with Gasteiger partial charge in [-0.15, -0.1) is 0 Å². The maximum absolute atomic E-state index is 13.4. The fourth-order valence-electron chi connectivity index (χ4n) is 3.52. The molecule has 0 spiro atoms. The van der Waals surface area contributed by atoms with Crippen molar-refractivity contribution in [3.05, 3.63) is 70.7 Å². The number of benzene rings is 2. The molecular weight excluding hydrogens is 303 g/mol. The molecule has 0 aliphatic carbocycles. The number of aryl methyl sites for hydroxylation is 1. The summed E-state index contributed by atoms with van der Waals surface area (Å²) < 4.78 is 13.4. The van der Waals surface area contributed by atoms with Crippen LogP contribution in [0.3, 0.4) is 0 Å². The molecule has 0 saturated carbocycles. The number of nitrogens with one attached hydrogen (secondary N) is 1. The molecule has 24 heavy (non-hydrogen) atoms. The second-order valence-electron chi connectivity index (χ2n) is 6.50. The van der Waals surface area contributed by atoms with E-state index in [1.807, 2.05) is 30.0 Å². The molecule has 0 atom stereocenters. The fourth-order valence-corrected chi connectivity index (χ4v) is 3.52. The third-order valence-corrected chi connectivity index (χ3v) is 4.73. The molecule has 3 aromatic rings. The lowest BCUT2D eigenvalue weighted by Gasteiger charge is -2.27. The zero-order chi connectivity index (χ0) is 16.7. The van der Waals surface area contributed by atoms with E-state index in [9.17, 15) is 9.18 Å². The van der Waals surface area contributed by atoms with E-state index in [1.165, 1.54) is 17.7 Å². The molecule has 0 fully saturated rings. The minimum absolute atomic E-state index is 0.141. The van der Waals surface area contributed by atoms with Crippen LogP contribution in [0.4, 0.5) is 4.39 Å². The summed E-state index contributed by atoms with van der Waals surface area (Å²) in [5, 5.41) is 1.01. The quantitative estimate of drug-likeness (QED) is 0.766. The Kier molecular flexibility index (Phi) is 3.60. The van der Waals surface area contributed by atoms with Crippen molar-refractivity contribution >= 4 is 16.8 Å². The van der Waals surface area contributed by atoms with Gasteiger partial charge in [0.25, 0.3) is 0 Å². The largest absolute Gasteiger partial charge is 0.358 e. The number of H-pyrrole nitrogens is 1. The summed E-state index contributed by atoms with van der Waals surface area (Å²) in [6.45, 7) is 3.32. The van der Waals surface area contributed by atoms with Crippen LogP contribution in [0.1, 0.15) is 22.4 Å². The van der Waals surface area contributed by atoms with E-state index in [0.717, 1.165) is 34.1 Å². The van der Waals surface area contributed by atoms with Gasteiger partial charge in [0, 0.05) is 41.7 Å². The summed E-state index contributed by atoms with van der Waals surface area (Å²) in [6.07, 6.45) is 1.21. The Bertz CT molecular complexity index is 929. The third-order valence-electron chi connectivity index (χ3n) is 4.73. The van der Waals surface area contributed by atoms with Crippen LogP contribution in [0.2, 0.25) is 0 Å². The SMILES string of the molecule is Cc1cccc(CC(=O)N2CCc3[nH]c4cc(F)ccc4c3C2)c1. The number of fused-ring (bicyclic) bond motifs is 3. The lowest BCUT2D eigenvalue weighted by atomic mass is 10.0. The number of rotatable bonds is 2. The molecule has 0 saturated heterocycles. The van der Waals surface area contributed by atoms with Crippen LogP contribution < -0.4 is 0 Å². The number of carbonyl (C=O) groups is 1. The Morgan fingerprint density at radius 3 is 2.96 bits per heavy atom. The Balaban J connectivity index is 1.57. The second-order valence-corrected chi connectivity index (χ2v) is 6.50. The van der Waals surface area contributed by atoms with E-state index in [-0.39, 0.29) is 11.7 Å². The van der Waals surface area contributed by atoms with Crippen molar-refractivity contribution in [2.75, 3.05) is 6.54 Å². The first-order valence-corrected chi connectivity index (χ1v) is 8.22. The minimum atomic E-state index is -0.242. The third kappa shape index (κ3) is 2.68. The van der Waals surface area contributed by atoms with Gasteiger partial charge in [-0.1, -0.05) is 29.8 Å². The molecular formula is C20H19FN2O. The summed E-state index contributed by atoms with van der Waals surface area (Å²) in [4.78, 5) is 17.9. The molecule has 4 rings (SSSR count). The van der Waals surface area contributed by atoms with Crippen LogP contribution in [-0.4, -0.2) is 22.3 Å². The molecule has 1 aliphatic rings. The number of halogens is 1. The first-order chi connectivity index (χ1) is 11.6. The fraction of sp³-hybridized carbons (Fsp3) is 0.250. The van der Waals surface area contributed by atoms with Crippen molar-refractivity contribution in [3.8, 4) is 0 Å². The number of nitrogens with zero attached hydrogens (tertiary/aromatic N) is 1. The minimum Gasteiger partial charge on any atom is -0.358 e. The number of aromatic nitrogens is 1. The van der Waals surface area contributed by atoms with E-state index >= 15 is 0 Å². The molecule has 4 heteroatoms. The van der Waals surface area contributed by atoms with Crippen LogP contribution in [0, 0.1) is 12.7 Å². The number of hydrogen-bond acceptors (Lipinski definition) is 1. The van der Waals surface area contributed by atoms with Gasteiger partial charge < -0.3 is 9.88 Å². The van der Waals surface area contributed by atoms with E-state index in [2.05, 4.69) is 11.1 Å². The van der Waals surface area contributed by atoms with Crippen molar-refractivity contribution in [2.45, 2.75) is 26.3 Å². The van der Waals surface area contributed by atoms with Crippen molar-refractivity contribution in [1.29, 1.82) is 0 Å². The molecule has 1 N–H and O–H groups in total. The van der Waals surface area contributed by atoms with Crippen molar-refractivity contribution < 1.29 is 9.18 Å². The predicted molar refractivity (Wildman–Crippen MR) is 92.3 cm³/mol. The maximum atomic E-state index is 13.4. The van der Waals surface area contributed by atoms with Gasteiger partial charge in [0.1, 0.15) is 5.82 Å². The molecule has 2 heterocycles. The first-order valence-electron chi connectivity index (χ1n) is 8.22. The number of hydrogen-bond donors (Lipinski definition) is 1. The van der Waals surface area contributed by atoms with Crippen molar-refractivity contribution in [3.63, 3.8) is 0 Å². The highest BCUT2D eigenvalue weighted by atomic mass is 19.1. The zero-order valence-electron chi connectivity index (χ0n) is 13.6. The zero-order valence-corrected chi connectivity index (χ0v) is 13.6. The lowest BCUT2D eigenvalue weighted by Crippen LogP contribution is -2.36. The summed E-state index contributed by atoms with van der Waals surface area (Å²) in [5.74, 6) is -0.101. The lowest BCUT2D eigenvalue weighted by molar-refractivity contribution is -0.131. The van der Waals surface area contributed by atoms with Gasteiger partial charge in [0.15, 0.2) is 0 Å². The summed E-state index contributed by atoms with van der Waals surface area (Å²) in [7, 11) is 0. The van der Waals surface area contributed by atoms with E-state index in [0.29, 0.717) is 19.5 Å². The van der Waals surface area contributed by atoms with Gasteiger partial charge in [-0.05, 0) is 30.7 Å².